The van der Waals surface area contributed by atoms with Gasteiger partial charge in [0.15, 0.2) is 0 Å². The summed E-state index contributed by atoms with van der Waals surface area (Å²) in [6.07, 6.45) is 1.87. The van der Waals surface area contributed by atoms with Crippen LogP contribution in [0, 0.1) is 6.92 Å². The van der Waals surface area contributed by atoms with Gasteiger partial charge in [-0.25, -0.2) is 0 Å². The number of benzene rings is 2. The van der Waals surface area contributed by atoms with E-state index in [4.69, 9.17) is 0 Å². The number of amides is 1. The van der Waals surface area contributed by atoms with Crippen LogP contribution >= 0.6 is 0 Å². The summed E-state index contributed by atoms with van der Waals surface area (Å²) in [5.74, 6) is 0.268. The zero-order valence-electron chi connectivity index (χ0n) is 15.8. The van der Waals surface area contributed by atoms with Crippen molar-refractivity contribution in [2.24, 2.45) is 0 Å². The molecule has 1 N–H and O–H groups in total. The van der Waals surface area contributed by atoms with Crippen LogP contribution in [0.1, 0.15) is 43.5 Å². The number of carbonyl (C=O) groups excluding carboxylic acids is 1. The number of fused-ring (bicyclic) bond motifs is 1. The molecule has 3 nitrogen and oxygen atoms in total. The van der Waals surface area contributed by atoms with Gasteiger partial charge >= 0.3 is 0 Å². The van der Waals surface area contributed by atoms with Crippen LogP contribution in [-0.4, -0.2) is 21.8 Å². The van der Waals surface area contributed by atoms with E-state index in [9.17, 15) is 4.79 Å². The van der Waals surface area contributed by atoms with E-state index in [1.54, 1.807) is 0 Å². The Kier molecular flexibility index (Phi) is 4.10. The molecule has 1 heterocycles. The lowest BCUT2D eigenvalue weighted by molar-refractivity contribution is -0.136. The van der Waals surface area contributed by atoms with Crippen molar-refractivity contribution in [3.05, 3.63) is 71.4 Å². The van der Waals surface area contributed by atoms with Gasteiger partial charge in [-0.3, -0.25) is 4.79 Å². The summed E-state index contributed by atoms with van der Waals surface area (Å²) in [4.78, 5) is 19.2. The van der Waals surface area contributed by atoms with Crippen LogP contribution in [0.2, 0.25) is 0 Å². The van der Waals surface area contributed by atoms with E-state index in [0.717, 1.165) is 24.1 Å². The van der Waals surface area contributed by atoms with E-state index in [1.165, 1.54) is 16.5 Å². The summed E-state index contributed by atoms with van der Waals surface area (Å²) in [5.41, 5.74) is 4.28. The van der Waals surface area contributed by atoms with E-state index in [1.807, 2.05) is 29.2 Å². The van der Waals surface area contributed by atoms with Crippen molar-refractivity contribution in [3.63, 3.8) is 0 Å². The number of H-pyrrole nitrogens is 1. The Morgan fingerprint density at radius 3 is 2.38 bits per heavy atom. The number of hydrogen-bond acceptors (Lipinski definition) is 1. The first-order valence-electron chi connectivity index (χ1n) is 9.46. The van der Waals surface area contributed by atoms with Crippen molar-refractivity contribution in [2.45, 2.75) is 51.6 Å². The number of para-hydroxylation sites is 1. The number of aryl methyl sites for hydroxylation is 1. The standard InChI is InChI=1S/C23H26N2O/c1-16(2)25(15-18-9-5-4-6-10-18)22(26)23(13-14-23)21-17(3)24-20-12-8-7-11-19(20)21/h4-12,16,24H,13-15H2,1-3H3. The molecule has 1 fully saturated rings. The SMILES string of the molecule is Cc1[nH]c2ccccc2c1C1(C(=O)N(Cc2ccccc2)C(C)C)CC1. The number of hydrogen-bond donors (Lipinski definition) is 1. The van der Waals surface area contributed by atoms with Crippen molar-refractivity contribution < 1.29 is 4.79 Å². The van der Waals surface area contributed by atoms with Gasteiger partial charge in [0.25, 0.3) is 0 Å². The van der Waals surface area contributed by atoms with Crippen molar-refractivity contribution in [1.82, 2.24) is 9.88 Å². The van der Waals surface area contributed by atoms with Gasteiger partial charge in [-0.15, -0.1) is 0 Å². The van der Waals surface area contributed by atoms with Crippen LogP contribution in [-0.2, 0) is 16.8 Å². The Balaban J connectivity index is 1.72. The van der Waals surface area contributed by atoms with E-state index < -0.39 is 0 Å². The molecular formula is C23H26N2O. The molecule has 134 valence electrons. The van der Waals surface area contributed by atoms with Crippen molar-refractivity contribution in [3.8, 4) is 0 Å². The quantitative estimate of drug-likeness (QED) is 0.697. The largest absolute Gasteiger partial charge is 0.358 e. The molecule has 3 heteroatoms. The zero-order valence-corrected chi connectivity index (χ0v) is 15.8. The van der Waals surface area contributed by atoms with Crippen LogP contribution in [0.4, 0.5) is 0 Å². The molecule has 26 heavy (non-hydrogen) atoms. The van der Waals surface area contributed by atoms with Gasteiger partial charge in [0.1, 0.15) is 0 Å². The lowest BCUT2D eigenvalue weighted by atomic mass is 9.91. The summed E-state index contributed by atoms with van der Waals surface area (Å²) in [5, 5.41) is 1.19. The molecule has 1 amide bonds. The Hall–Kier alpha value is -2.55. The topological polar surface area (TPSA) is 36.1 Å². The minimum atomic E-state index is -0.358. The fraction of sp³-hybridized carbons (Fsp3) is 0.348. The number of nitrogens with one attached hydrogen (secondary N) is 1. The summed E-state index contributed by atoms with van der Waals surface area (Å²) in [7, 11) is 0. The molecular weight excluding hydrogens is 320 g/mol. The van der Waals surface area contributed by atoms with Crippen molar-refractivity contribution >= 4 is 16.8 Å². The average Bonchev–Trinajstić information content (AvgIpc) is 3.36. The molecule has 4 rings (SSSR count). The number of carbonyl (C=O) groups is 1. The molecule has 0 bridgehead atoms. The van der Waals surface area contributed by atoms with Gasteiger partial charge in [0, 0.05) is 29.2 Å². The van der Waals surface area contributed by atoms with Crippen LogP contribution in [0.15, 0.2) is 54.6 Å². The van der Waals surface area contributed by atoms with Gasteiger partial charge in [-0.1, -0.05) is 48.5 Å². The number of aromatic amines is 1. The van der Waals surface area contributed by atoms with Gasteiger partial charge in [-0.05, 0) is 50.8 Å². The third-order valence-electron chi connectivity index (χ3n) is 5.61. The monoisotopic (exact) mass is 346 g/mol. The predicted octanol–water partition coefficient (Wildman–Crippen LogP) is 4.95. The third-order valence-corrected chi connectivity index (χ3v) is 5.61. The van der Waals surface area contributed by atoms with Crippen LogP contribution in [0.25, 0.3) is 10.9 Å². The van der Waals surface area contributed by atoms with E-state index in [-0.39, 0.29) is 17.4 Å². The Labute approximate surface area is 155 Å². The maximum atomic E-state index is 13.7. The molecule has 0 aliphatic heterocycles. The van der Waals surface area contributed by atoms with E-state index in [2.05, 4.69) is 56.1 Å². The highest BCUT2D eigenvalue weighted by Gasteiger charge is 2.55. The second kappa shape index (κ2) is 6.31. The molecule has 1 aromatic heterocycles. The first-order valence-corrected chi connectivity index (χ1v) is 9.46. The minimum Gasteiger partial charge on any atom is -0.358 e. The first kappa shape index (κ1) is 16.9. The lowest BCUT2D eigenvalue weighted by Gasteiger charge is -2.31. The van der Waals surface area contributed by atoms with E-state index >= 15 is 0 Å². The Morgan fingerprint density at radius 1 is 1.08 bits per heavy atom. The van der Waals surface area contributed by atoms with Crippen LogP contribution < -0.4 is 0 Å². The molecule has 2 aromatic carbocycles. The summed E-state index contributed by atoms with van der Waals surface area (Å²) < 4.78 is 0. The molecule has 0 radical (unpaired) electrons. The molecule has 1 aliphatic carbocycles. The molecule has 1 aliphatic rings. The fourth-order valence-corrected chi connectivity index (χ4v) is 4.13. The van der Waals surface area contributed by atoms with Crippen LogP contribution in [0.5, 0.6) is 0 Å². The highest BCUT2D eigenvalue weighted by Crippen LogP contribution is 2.53. The smallest absolute Gasteiger partial charge is 0.233 e. The molecule has 1 saturated carbocycles. The van der Waals surface area contributed by atoms with Gasteiger partial charge in [0.2, 0.25) is 5.91 Å². The predicted molar refractivity (Wildman–Crippen MR) is 106 cm³/mol. The fourth-order valence-electron chi connectivity index (χ4n) is 4.13. The number of aromatic nitrogens is 1. The Bertz CT molecular complexity index is 935. The van der Waals surface area contributed by atoms with E-state index in [0.29, 0.717) is 6.54 Å². The van der Waals surface area contributed by atoms with Gasteiger partial charge < -0.3 is 9.88 Å². The number of nitrogens with zero attached hydrogens (tertiary/aromatic N) is 1. The summed E-state index contributed by atoms with van der Waals surface area (Å²) >= 11 is 0. The summed E-state index contributed by atoms with van der Waals surface area (Å²) in [6.45, 7) is 6.98. The molecule has 0 atom stereocenters. The minimum absolute atomic E-state index is 0.172. The molecule has 0 spiro atoms. The lowest BCUT2D eigenvalue weighted by Crippen LogP contribution is -2.43. The zero-order chi connectivity index (χ0) is 18.3. The second-order valence-electron chi connectivity index (χ2n) is 7.77. The van der Waals surface area contributed by atoms with Gasteiger partial charge in [0.05, 0.1) is 5.41 Å². The van der Waals surface area contributed by atoms with Gasteiger partial charge in [-0.2, -0.15) is 0 Å². The maximum Gasteiger partial charge on any atom is 0.233 e. The van der Waals surface area contributed by atoms with Crippen molar-refractivity contribution in [1.29, 1.82) is 0 Å². The molecule has 0 unspecified atom stereocenters. The third kappa shape index (κ3) is 2.72. The first-order chi connectivity index (χ1) is 12.5. The summed E-state index contributed by atoms with van der Waals surface area (Å²) in [6, 6.07) is 18.8. The molecule has 0 saturated heterocycles. The van der Waals surface area contributed by atoms with Crippen molar-refractivity contribution in [2.75, 3.05) is 0 Å². The molecule has 3 aromatic rings. The maximum absolute atomic E-state index is 13.7. The highest BCUT2D eigenvalue weighted by molar-refractivity contribution is 5.98. The van der Waals surface area contributed by atoms with Crippen LogP contribution in [0.3, 0.4) is 0 Å². The second-order valence-corrected chi connectivity index (χ2v) is 7.77. The highest BCUT2D eigenvalue weighted by atomic mass is 16.2. The Morgan fingerprint density at radius 2 is 1.73 bits per heavy atom. The average molecular weight is 346 g/mol. The number of rotatable bonds is 5. The normalized spacial score (nSPS) is 15.4.